The molecule has 0 saturated carbocycles. The van der Waals surface area contributed by atoms with Gasteiger partial charge in [0.25, 0.3) is 5.91 Å². The second kappa shape index (κ2) is 7.47. The lowest BCUT2D eigenvalue weighted by molar-refractivity contribution is -0.114. The first-order chi connectivity index (χ1) is 15.1. The van der Waals surface area contributed by atoms with E-state index >= 15 is 0 Å². The molecule has 0 aliphatic carbocycles. The van der Waals surface area contributed by atoms with Gasteiger partial charge in [-0.05, 0) is 53.7 Å². The molecule has 0 unspecified atom stereocenters. The molecule has 3 aliphatic rings. The number of methoxy groups -OCH3 is 2. The summed E-state index contributed by atoms with van der Waals surface area (Å²) in [6.45, 7) is 0.181. The summed E-state index contributed by atoms with van der Waals surface area (Å²) in [6.07, 6.45) is 1.59. The summed E-state index contributed by atoms with van der Waals surface area (Å²) in [7, 11) is 3.08. The van der Waals surface area contributed by atoms with Gasteiger partial charge in [-0.3, -0.25) is 10.2 Å². The van der Waals surface area contributed by atoms with Gasteiger partial charge >= 0.3 is 0 Å². The van der Waals surface area contributed by atoms with Crippen molar-refractivity contribution in [2.45, 2.75) is 0 Å². The second-order valence-electron chi connectivity index (χ2n) is 6.61. The average Bonchev–Trinajstić information content (AvgIpc) is 3.42. The van der Waals surface area contributed by atoms with E-state index in [-0.39, 0.29) is 18.2 Å². The number of carbonyl (C=O) groups excluding carboxylic acids is 1. The molecule has 0 spiro atoms. The fraction of sp³-hybridized carbons (Fsp3) is 0.143. The minimum atomic E-state index is -0.499. The predicted octanol–water partition coefficient (Wildman–Crippen LogP) is 3.10. The Morgan fingerprint density at radius 1 is 1.10 bits per heavy atom. The van der Waals surface area contributed by atoms with E-state index < -0.39 is 5.91 Å². The highest BCUT2D eigenvalue weighted by molar-refractivity contribution is 8.27. The first-order valence-corrected chi connectivity index (χ1v) is 10.0. The number of nitrogens with one attached hydrogen (secondary N) is 1. The van der Waals surface area contributed by atoms with Crippen molar-refractivity contribution in [1.29, 1.82) is 5.41 Å². The molecule has 2 aromatic carbocycles. The third-order valence-corrected chi connectivity index (χ3v) is 5.75. The predicted molar refractivity (Wildman–Crippen MR) is 116 cm³/mol. The summed E-state index contributed by atoms with van der Waals surface area (Å²) < 4.78 is 21.3. The van der Waals surface area contributed by atoms with E-state index in [1.165, 1.54) is 23.9 Å². The van der Waals surface area contributed by atoms with Crippen LogP contribution in [0.4, 0.5) is 0 Å². The topological polar surface area (TPSA) is 106 Å². The average molecular weight is 436 g/mol. The van der Waals surface area contributed by atoms with Crippen LogP contribution < -0.4 is 18.9 Å². The van der Waals surface area contributed by atoms with Gasteiger partial charge < -0.3 is 18.9 Å². The van der Waals surface area contributed by atoms with Crippen LogP contribution in [0.2, 0.25) is 0 Å². The number of nitrogens with zero attached hydrogens (tertiary/aromatic N) is 3. The lowest BCUT2D eigenvalue weighted by Crippen LogP contribution is -2.35. The first-order valence-electron chi connectivity index (χ1n) is 9.19. The molecule has 0 aromatic heterocycles. The Hall–Kier alpha value is -3.79. The standard InChI is InChI=1S/C21H16N4O5S/c1-27-14-5-3-11(8-16(14)28-2)7-13-18(22)25-21(23-19(13)26)31-20(24-25)12-4-6-15-17(9-12)30-10-29-15/h3-9,22H,10H2,1-2H3/b13-7+,22-18?. The number of aliphatic imine (C=N–C) groups is 1. The molecule has 5 rings (SSSR count). The molecule has 0 radical (unpaired) electrons. The van der Waals surface area contributed by atoms with Gasteiger partial charge in [0.1, 0.15) is 5.04 Å². The highest BCUT2D eigenvalue weighted by Crippen LogP contribution is 2.37. The normalized spacial score (nSPS) is 18.1. The summed E-state index contributed by atoms with van der Waals surface area (Å²) >= 11 is 1.22. The number of hydrogen-bond donors (Lipinski definition) is 1. The van der Waals surface area contributed by atoms with E-state index in [4.69, 9.17) is 24.4 Å². The monoisotopic (exact) mass is 436 g/mol. The zero-order chi connectivity index (χ0) is 21.5. The zero-order valence-electron chi connectivity index (χ0n) is 16.5. The number of ether oxygens (including phenoxy) is 4. The van der Waals surface area contributed by atoms with Gasteiger partial charge in [0, 0.05) is 5.56 Å². The molecule has 0 fully saturated rings. The molecule has 156 valence electrons. The van der Waals surface area contributed by atoms with Crippen LogP contribution >= 0.6 is 11.8 Å². The molecular formula is C21H16N4O5S. The number of carbonyl (C=O) groups is 1. The minimum Gasteiger partial charge on any atom is -0.493 e. The van der Waals surface area contributed by atoms with E-state index in [0.29, 0.717) is 38.8 Å². The number of amides is 1. The Morgan fingerprint density at radius 3 is 2.71 bits per heavy atom. The van der Waals surface area contributed by atoms with Crippen LogP contribution in [0.1, 0.15) is 11.1 Å². The summed E-state index contributed by atoms with van der Waals surface area (Å²) in [5.41, 5.74) is 1.60. The largest absolute Gasteiger partial charge is 0.493 e. The van der Waals surface area contributed by atoms with Gasteiger partial charge in [-0.25, -0.2) is 0 Å². The van der Waals surface area contributed by atoms with Crippen LogP contribution in [0.25, 0.3) is 6.08 Å². The number of rotatable bonds is 4. The van der Waals surface area contributed by atoms with Crippen LogP contribution in [0, 0.1) is 5.41 Å². The molecule has 0 saturated heterocycles. The van der Waals surface area contributed by atoms with Gasteiger partial charge in [0.15, 0.2) is 28.8 Å². The van der Waals surface area contributed by atoms with Crippen molar-refractivity contribution in [3.05, 3.63) is 53.1 Å². The smallest absolute Gasteiger partial charge is 0.283 e. The van der Waals surface area contributed by atoms with Crippen LogP contribution in [-0.4, -0.2) is 48.0 Å². The molecule has 3 aliphatic heterocycles. The molecule has 10 heteroatoms. The van der Waals surface area contributed by atoms with Gasteiger partial charge in [-0.1, -0.05) is 6.07 Å². The van der Waals surface area contributed by atoms with E-state index in [0.717, 1.165) is 5.56 Å². The minimum absolute atomic E-state index is 0.0481. The molecule has 1 N–H and O–H groups in total. The fourth-order valence-electron chi connectivity index (χ4n) is 3.25. The quantitative estimate of drug-likeness (QED) is 0.734. The van der Waals surface area contributed by atoms with Crippen LogP contribution in [0.3, 0.4) is 0 Å². The molecule has 31 heavy (non-hydrogen) atoms. The van der Waals surface area contributed by atoms with Crippen molar-refractivity contribution in [2.75, 3.05) is 21.0 Å². The zero-order valence-corrected chi connectivity index (χ0v) is 17.4. The van der Waals surface area contributed by atoms with Crippen LogP contribution in [-0.2, 0) is 4.79 Å². The Labute approximate surface area is 181 Å². The van der Waals surface area contributed by atoms with Gasteiger partial charge in [-0.15, -0.1) is 0 Å². The number of fused-ring (bicyclic) bond motifs is 2. The van der Waals surface area contributed by atoms with E-state index in [2.05, 4.69) is 10.1 Å². The lowest BCUT2D eigenvalue weighted by atomic mass is 10.1. The number of hydrogen-bond acceptors (Lipinski definition) is 8. The highest BCUT2D eigenvalue weighted by Gasteiger charge is 2.36. The van der Waals surface area contributed by atoms with Crippen molar-refractivity contribution in [3.63, 3.8) is 0 Å². The molecule has 2 aromatic rings. The maximum Gasteiger partial charge on any atom is 0.283 e. The molecular weight excluding hydrogens is 420 g/mol. The number of hydrazone groups is 1. The Kier molecular flexibility index (Phi) is 4.63. The summed E-state index contributed by atoms with van der Waals surface area (Å²) in [4.78, 5) is 16.8. The Bertz CT molecular complexity index is 1220. The Morgan fingerprint density at radius 2 is 1.90 bits per heavy atom. The first kappa shape index (κ1) is 19.2. The molecule has 3 heterocycles. The Balaban J connectivity index is 1.46. The molecule has 0 atom stereocenters. The maximum absolute atomic E-state index is 12.6. The van der Waals surface area contributed by atoms with E-state index in [1.807, 2.05) is 12.1 Å². The number of thioether (sulfide) groups is 1. The molecule has 9 nitrogen and oxygen atoms in total. The van der Waals surface area contributed by atoms with Crippen molar-refractivity contribution in [3.8, 4) is 23.0 Å². The van der Waals surface area contributed by atoms with Crippen molar-refractivity contribution in [2.24, 2.45) is 10.1 Å². The third kappa shape index (κ3) is 3.30. The second-order valence-corrected chi connectivity index (χ2v) is 7.56. The summed E-state index contributed by atoms with van der Waals surface area (Å²) in [5, 5.41) is 15.4. The van der Waals surface area contributed by atoms with Crippen LogP contribution in [0.15, 0.2) is 52.1 Å². The van der Waals surface area contributed by atoms with Crippen molar-refractivity contribution >= 4 is 39.8 Å². The van der Waals surface area contributed by atoms with Gasteiger partial charge in [0.2, 0.25) is 12.0 Å². The van der Waals surface area contributed by atoms with Crippen molar-refractivity contribution in [1.82, 2.24) is 5.01 Å². The number of benzene rings is 2. The maximum atomic E-state index is 12.6. The van der Waals surface area contributed by atoms with E-state index in [1.54, 1.807) is 37.5 Å². The molecule has 0 bridgehead atoms. The summed E-state index contributed by atoms with van der Waals surface area (Å²) in [6, 6.07) is 10.7. The highest BCUT2D eigenvalue weighted by atomic mass is 32.2. The van der Waals surface area contributed by atoms with Crippen LogP contribution in [0.5, 0.6) is 23.0 Å². The van der Waals surface area contributed by atoms with Gasteiger partial charge in [0.05, 0.1) is 19.8 Å². The third-order valence-electron chi connectivity index (χ3n) is 4.79. The van der Waals surface area contributed by atoms with Crippen molar-refractivity contribution < 1.29 is 23.7 Å². The van der Waals surface area contributed by atoms with E-state index in [9.17, 15) is 4.79 Å². The fourth-order valence-corrected chi connectivity index (χ4v) is 4.13. The summed E-state index contributed by atoms with van der Waals surface area (Å²) in [5.74, 6) is 1.85. The SMILES string of the molecule is COc1ccc(/C=C2\C(=N)N3N=C(c4ccc5c(c4)OCO5)SC3=NC2=O)cc1OC. The molecule has 1 amide bonds. The number of amidine groups is 2. The lowest BCUT2D eigenvalue weighted by Gasteiger charge is -2.20. The van der Waals surface area contributed by atoms with Gasteiger partial charge in [-0.2, -0.15) is 15.1 Å².